The van der Waals surface area contributed by atoms with Gasteiger partial charge >= 0.3 is 0 Å². The summed E-state index contributed by atoms with van der Waals surface area (Å²) in [5.41, 5.74) is 3.32. The Bertz CT molecular complexity index is 1080. The highest BCUT2D eigenvalue weighted by molar-refractivity contribution is 6.31. The molecule has 0 bridgehead atoms. The Balaban J connectivity index is 1.70. The fraction of sp³-hybridized carbons (Fsp3) is 0.333. The Morgan fingerprint density at radius 2 is 1.68 bits per heavy atom. The second kappa shape index (κ2) is 9.10. The second-order valence-corrected chi connectivity index (χ2v) is 8.05. The normalized spacial score (nSPS) is 14.2. The van der Waals surface area contributed by atoms with Crippen LogP contribution in [0.2, 0.25) is 5.02 Å². The summed E-state index contributed by atoms with van der Waals surface area (Å²) in [6.45, 7) is 8.26. The standard InChI is InChI=1S/C24H26ClFN4O/c1-3-28(4-2)24(31)21-16-27-22-10-5-17(25)15-20(22)23(21)30-13-11-29(12-14-30)19-8-6-18(26)7-9-19/h5-10,15-16H,3-4,11-14H2,1-2H3. The minimum Gasteiger partial charge on any atom is -0.368 e. The summed E-state index contributed by atoms with van der Waals surface area (Å²) in [6, 6.07) is 12.2. The van der Waals surface area contributed by atoms with E-state index in [1.165, 1.54) is 12.1 Å². The zero-order chi connectivity index (χ0) is 22.0. The van der Waals surface area contributed by atoms with Crippen LogP contribution in [-0.4, -0.2) is 55.1 Å². The third kappa shape index (κ3) is 4.30. The number of benzene rings is 2. The number of amides is 1. The average molecular weight is 441 g/mol. The van der Waals surface area contributed by atoms with Crippen LogP contribution in [0.15, 0.2) is 48.7 Å². The summed E-state index contributed by atoms with van der Waals surface area (Å²) in [5, 5.41) is 1.51. The Labute approximate surface area is 187 Å². The van der Waals surface area contributed by atoms with Crippen LogP contribution in [-0.2, 0) is 0 Å². The lowest BCUT2D eigenvalue weighted by atomic mass is 10.1. The zero-order valence-electron chi connectivity index (χ0n) is 17.8. The van der Waals surface area contributed by atoms with Gasteiger partial charge in [-0.2, -0.15) is 0 Å². The first kappa shape index (κ1) is 21.4. The van der Waals surface area contributed by atoms with Crippen molar-refractivity contribution in [3.05, 3.63) is 65.1 Å². The molecule has 0 atom stereocenters. The van der Waals surface area contributed by atoms with Crippen molar-refractivity contribution < 1.29 is 9.18 Å². The van der Waals surface area contributed by atoms with Gasteiger partial charge in [0.15, 0.2) is 0 Å². The lowest BCUT2D eigenvalue weighted by molar-refractivity contribution is 0.0773. The molecule has 0 N–H and O–H groups in total. The van der Waals surface area contributed by atoms with E-state index in [1.54, 1.807) is 6.20 Å². The number of nitrogens with zero attached hydrogens (tertiary/aromatic N) is 4. The molecule has 2 aromatic carbocycles. The van der Waals surface area contributed by atoms with Crippen molar-refractivity contribution in [2.45, 2.75) is 13.8 Å². The smallest absolute Gasteiger partial charge is 0.257 e. The van der Waals surface area contributed by atoms with Crippen molar-refractivity contribution in [3.63, 3.8) is 0 Å². The maximum absolute atomic E-state index is 13.3. The number of hydrogen-bond acceptors (Lipinski definition) is 4. The maximum atomic E-state index is 13.3. The molecule has 0 radical (unpaired) electrons. The van der Waals surface area contributed by atoms with Gasteiger partial charge in [-0.15, -0.1) is 0 Å². The number of aromatic nitrogens is 1. The van der Waals surface area contributed by atoms with Crippen molar-refractivity contribution in [2.24, 2.45) is 0 Å². The molecule has 4 rings (SSSR count). The summed E-state index contributed by atoms with van der Waals surface area (Å²) in [4.78, 5) is 24.1. The number of anilines is 2. The summed E-state index contributed by atoms with van der Waals surface area (Å²) in [6.07, 6.45) is 1.69. The van der Waals surface area contributed by atoms with Gasteiger partial charge in [0.1, 0.15) is 5.82 Å². The number of hydrogen-bond donors (Lipinski definition) is 0. The summed E-state index contributed by atoms with van der Waals surface area (Å²) in [7, 11) is 0. The lowest BCUT2D eigenvalue weighted by Gasteiger charge is -2.38. The van der Waals surface area contributed by atoms with E-state index in [4.69, 9.17) is 11.6 Å². The van der Waals surface area contributed by atoms with Gasteiger partial charge in [-0.3, -0.25) is 9.78 Å². The molecule has 0 aliphatic carbocycles. The van der Waals surface area contributed by atoms with Gasteiger partial charge < -0.3 is 14.7 Å². The number of fused-ring (bicyclic) bond motifs is 1. The molecule has 1 amide bonds. The molecule has 5 nitrogen and oxygen atoms in total. The van der Waals surface area contributed by atoms with Crippen LogP contribution in [0.5, 0.6) is 0 Å². The van der Waals surface area contributed by atoms with Crippen LogP contribution in [0.1, 0.15) is 24.2 Å². The Hall–Kier alpha value is -2.86. The third-order valence-electron chi connectivity index (χ3n) is 5.87. The lowest BCUT2D eigenvalue weighted by Crippen LogP contribution is -2.47. The number of halogens is 2. The molecule has 7 heteroatoms. The highest BCUT2D eigenvalue weighted by Gasteiger charge is 2.26. The predicted molar refractivity (Wildman–Crippen MR) is 125 cm³/mol. The molecule has 2 heterocycles. The number of pyridine rings is 1. The molecule has 1 aliphatic rings. The maximum Gasteiger partial charge on any atom is 0.257 e. The molecule has 0 spiro atoms. The monoisotopic (exact) mass is 440 g/mol. The van der Waals surface area contributed by atoms with Crippen molar-refractivity contribution >= 4 is 39.8 Å². The van der Waals surface area contributed by atoms with E-state index in [9.17, 15) is 9.18 Å². The van der Waals surface area contributed by atoms with E-state index >= 15 is 0 Å². The van der Waals surface area contributed by atoms with Crippen LogP contribution in [0.4, 0.5) is 15.8 Å². The minimum atomic E-state index is -0.234. The molecule has 0 saturated carbocycles. The molecule has 31 heavy (non-hydrogen) atoms. The summed E-state index contributed by atoms with van der Waals surface area (Å²) >= 11 is 6.31. The van der Waals surface area contributed by atoms with Gasteiger partial charge in [-0.05, 0) is 56.3 Å². The van der Waals surface area contributed by atoms with Gasteiger partial charge in [0.2, 0.25) is 0 Å². The van der Waals surface area contributed by atoms with Crippen LogP contribution < -0.4 is 9.80 Å². The average Bonchev–Trinajstić information content (AvgIpc) is 2.79. The van der Waals surface area contributed by atoms with Crippen LogP contribution in [0.3, 0.4) is 0 Å². The Morgan fingerprint density at radius 1 is 1.03 bits per heavy atom. The fourth-order valence-corrected chi connectivity index (χ4v) is 4.34. The first-order valence-electron chi connectivity index (χ1n) is 10.6. The summed E-state index contributed by atoms with van der Waals surface area (Å²) < 4.78 is 13.3. The van der Waals surface area contributed by atoms with E-state index in [-0.39, 0.29) is 11.7 Å². The predicted octanol–water partition coefficient (Wildman–Crippen LogP) is 4.84. The van der Waals surface area contributed by atoms with E-state index < -0.39 is 0 Å². The highest BCUT2D eigenvalue weighted by atomic mass is 35.5. The van der Waals surface area contributed by atoms with Crippen molar-refractivity contribution in [1.29, 1.82) is 0 Å². The number of carbonyl (C=O) groups excluding carboxylic acids is 1. The highest BCUT2D eigenvalue weighted by Crippen LogP contribution is 2.33. The van der Waals surface area contributed by atoms with Crippen LogP contribution >= 0.6 is 11.6 Å². The molecule has 162 valence electrons. The summed E-state index contributed by atoms with van der Waals surface area (Å²) in [5.74, 6) is -0.252. The molecule has 1 fully saturated rings. The zero-order valence-corrected chi connectivity index (χ0v) is 18.6. The third-order valence-corrected chi connectivity index (χ3v) is 6.11. The van der Waals surface area contributed by atoms with Crippen molar-refractivity contribution in [1.82, 2.24) is 9.88 Å². The van der Waals surface area contributed by atoms with Crippen molar-refractivity contribution in [3.8, 4) is 0 Å². The van der Waals surface area contributed by atoms with E-state index in [0.29, 0.717) is 23.7 Å². The number of rotatable bonds is 5. The van der Waals surface area contributed by atoms with E-state index in [1.807, 2.05) is 49.1 Å². The van der Waals surface area contributed by atoms with Gasteiger partial charge in [0.25, 0.3) is 5.91 Å². The van der Waals surface area contributed by atoms with Gasteiger partial charge in [-0.1, -0.05) is 11.6 Å². The molecular weight excluding hydrogens is 415 g/mol. The van der Waals surface area contributed by atoms with Crippen LogP contribution in [0, 0.1) is 5.82 Å². The molecular formula is C24H26ClFN4O. The van der Waals surface area contributed by atoms with Crippen LogP contribution in [0.25, 0.3) is 10.9 Å². The van der Waals surface area contributed by atoms with Gasteiger partial charge in [-0.25, -0.2) is 4.39 Å². The number of carbonyl (C=O) groups is 1. The Kier molecular flexibility index (Phi) is 6.28. The molecule has 1 aliphatic heterocycles. The van der Waals surface area contributed by atoms with E-state index in [2.05, 4.69) is 14.8 Å². The largest absolute Gasteiger partial charge is 0.368 e. The molecule has 1 saturated heterocycles. The fourth-order valence-electron chi connectivity index (χ4n) is 4.17. The SMILES string of the molecule is CCN(CC)C(=O)c1cnc2ccc(Cl)cc2c1N1CCN(c2ccc(F)cc2)CC1. The molecule has 1 aromatic heterocycles. The van der Waals surface area contributed by atoms with Gasteiger partial charge in [0.05, 0.1) is 16.8 Å². The first-order valence-corrected chi connectivity index (χ1v) is 11.0. The second-order valence-electron chi connectivity index (χ2n) is 7.61. The van der Waals surface area contributed by atoms with Gasteiger partial charge in [0, 0.05) is 61.6 Å². The first-order chi connectivity index (χ1) is 15.0. The quantitative estimate of drug-likeness (QED) is 0.569. The minimum absolute atomic E-state index is 0.0182. The molecule has 0 unspecified atom stereocenters. The van der Waals surface area contributed by atoms with E-state index in [0.717, 1.165) is 48.5 Å². The number of piperazine rings is 1. The molecule has 3 aromatic rings. The Morgan fingerprint density at radius 3 is 2.32 bits per heavy atom. The van der Waals surface area contributed by atoms with Crippen molar-refractivity contribution in [2.75, 3.05) is 49.1 Å². The topological polar surface area (TPSA) is 39.7 Å².